The van der Waals surface area contributed by atoms with Crippen LogP contribution in [-0.4, -0.2) is 38.0 Å². The van der Waals surface area contributed by atoms with Crippen LogP contribution >= 0.6 is 11.3 Å². The number of hydrogen-bond acceptors (Lipinski definition) is 7. The molecule has 2 heterocycles. The summed E-state index contributed by atoms with van der Waals surface area (Å²) in [6.45, 7) is 0. The van der Waals surface area contributed by atoms with E-state index >= 15 is 0 Å². The summed E-state index contributed by atoms with van der Waals surface area (Å²) in [5, 5.41) is 21.0. The minimum absolute atomic E-state index is 0.249. The molecular formula is C14H12N4O4S. The molecule has 1 N–H and O–H groups in total. The fraction of sp³-hybridized carbons (Fsp3) is 0.214. The van der Waals surface area contributed by atoms with Crippen molar-refractivity contribution >= 4 is 22.3 Å². The summed E-state index contributed by atoms with van der Waals surface area (Å²) in [5.74, 6) is -0.284. The van der Waals surface area contributed by atoms with Crippen molar-refractivity contribution in [1.29, 1.82) is 0 Å². The van der Waals surface area contributed by atoms with Crippen molar-refractivity contribution in [3.8, 4) is 5.75 Å². The Bertz CT molecular complexity index is 917. The van der Waals surface area contributed by atoms with E-state index in [0.717, 1.165) is 27.2 Å². The van der Waals surface area contributed by atoms with Crippen LogP contribution in [-0.2, 0) is 17.6 Å². The van der Waals surface area contributed by atoms with E-state index in [0.29, 0.717) is 11.4 Å². The molecule has 0 saturated heterocycles. The van der Waals surface area contributed by atoms with Crippen LogP contribution in [0.25, 0.3) is 4.96 Å². The Morgan fingerprint density at radius 1 is 1.30 bits per heavy atom. The molecular weight excluding hydrogens is 320 g/mol. The Labute approximate surface area is 134 Å². The van der Waals surface area contributed by atoms with Gasteiger partial charge in [0.1, 0.15) is 16.5 Å². The molecule has 0 aliphatic heterocycles. The summed E-state index contributed by atoms with van der Waals surface area (Å²) in [6, 6.07) is 7.27. The highest BCUT2D eigenvalue weighted by Crippen LogP contribution is 2.14. The Hall–Kier alpha value is -2.81. The molecule has 0 radical (unpaired) electrons. The van der Waals surface area contributed by atoms with Gasteiger partial charge in [-0.25, -0.2) is 0 Å². The number of benzene rings is 1. The largest absolute Gasteiger partial charge is 0.497 e. The van der Waals surface area contributed by atoms with Gasteiger partial charge >= 0.3 is 5.97 Å². The second-order valence-corrected chi connectivity index (χ2v) is 5.78. The van der Waals surface area contributed by atoms with Crippen molar-refractivity contribution in [3.05, 3.63) is 50.9 Å². The van der Waals surface area contributed by atoms with Gasteiger partial charge in [-0.2, -0.15) is 9.61 Å². The first-order chi connectivity index (χ1) is 11.1. The fourth-order valence-corrected chi connectivity index (χ4v) is 2.86. The number of aromatic nitrogens is 4. The number of nitrogens with zero attached hydrogens (tertiary/aromatic N) is 4. The highest BCUT2D eigenvalue weighted by molar-refractivity contribution is 7.16. The van der Waals surface area contributed by atoms with Gasteiger partial charge < -0.3 is 9.84 Å². The van der Waals surface area contributed by atoms with Crippen LogP contribution in [0.15, 0.2) is 29.1 Å². The molecule has 0 unspecified atom stereocenters. The second-order valence-electron chi connectivity index (χ2n) is 4.74. The molecule has 3 rings (SSSR count). The lowest BCUT2D eigenvalue weighted by atomic mass is 10.1. The zero-order chi connectivity index (χ0) is 16.4. The van der Waals surface area contributed by atoms with Gasteiger partial charge in [0.2, 0.25) is 4.96 Å². The molecule has 118 valence electrons. The maximum absolute atomic E-state index is 12.4. The second kappa shape index (κ2) is 6.13. The van der Waals surface area contributed by atoms with E-state index in [4.69, 9.17) is 9.84 Å². The number of rotatable bonds is 5. The monoisotopic (exact) mass is 332 g/mol. The third-order valence-corrected chi connectivity index (χ3v) is 4.03. The van der Waals surface area contributed by atoms with E-state index < -0.39 is 11.5 Å². The van der Waals surface area contributed by atoms with Crippen LogP contribution in [0.5, 0.6) is 5.75 Å². The molecule has 3 aromatic rings. The van der Waals surface area contributed by atoms with Crippen molar-refractivity contribution in [3.63, 3.8) is 0 Å². The lowest BCUT2D eigenvalue weighted by Crippen LogP contribution is -2.22. The van der Waals surface area contributed by atoms with Gasteiger partial charge in [0.05, 0.1) is 13.5 Å². The average Bonchev–Trinajstić information content (AvgIpc) is 2.93. The normalized spacial score (nSPS) is 10.8. The number of aliphatic carboxylic acids is 1. The number of methoxy groups -OCH3 is 1. The third-order valence-electron chi connectivity index (χ3n) is 3.13. The summed E-state index contributed by atoms with van der Waals surface area (Å²) in [7, 11) is 1.58. The Morgan fingerprint density at radius 3 is 2.70 bits per heavy atom. The van der Waals surface area contributed by atoms with Crippen LogP contribution < -0.4 is 10.3 Å². The molecule has 0 aliphatic rings. The zero-order valence-electron chi connectivity index (χ0n) is 12.1. The quantitative estimate of drug-likeness (QED) is 0.735. The molecule has 2 aromatic heterocycles. The maximum Gasteiger partial charge on any atom is 0.310 e. The highest BCUT2D eigenvalue weighted by atomic mass is 32.1. The number of hydrogen-bond donors (Lipinski definition) is 1. The Kier molecular flexibility index (Phi) is 4.02. The summed E-state index contributed by atoms with van der Waals surface area (Å²) in [6.07, 6.45) is 0.0613. The summed E-state index contributed by atoms with van der Waals surface area (Å²) < 4.78 is 6.19. The molecule has 0 saturated carbocycles. The molecule has 8 nitrogen and oxygen atoms in total. The molecule has 0 atom stereocenters. The van der Waals surface area contributed by atoms with Gasteiger partial charge in [-0.1, -0.05) is 23.5 Å². The van der Waals surface area contributed by atoms with Crippen molar-refractivity contribution in [2.75, 3.05) is 7.11 Å². The minimum Gasteiger partial charge on any atom is -0.497 e. The van der Waals surface area contributed by atoms with Gasteiger partial charge in [0.25, 0.3) is 5.56 Å². The van der Waals surface area contributed by atoms with Crippen molar-refractivity contribution in [2.45, 2.75) is 12.8 Å². The van der Waals surface area contributed by atoms with Crippen molar-refractivity contribution in [2.24, 2.45) is 0 Å². The lowest BCUT2D eigenvalue weighted by molar-refractivity contribution is -0.136. The topological polar surface area (TPSA) is 107 Å². The molecule has 0 spiro atoms. The fourth-order valence-electron chi connectivity index (χ4n) is 2.04. The Morgan fingerprint density at radius 2 is 2.04 bits per heavy atom. The molecule has 9 heteroatoms. The SMILES string of the molecule is COc1ccc(Cc2nnc3sc(CC(=O)O)nn3c2=O)cc1. The summed E-state index contributed by atoms with van der Waals surface area (Å²) in [5.41, 5.74) is 0.747. The number of ether oxygens (including phenoxy) is 1. The maximum atomic E-state index is 12.4. The summed E-state index contributed by atoms with van der Waals surface area (Å²) in [4.78, 5) is 23.4. The van der Waals surface area contributed by atoms with E-state index in [1.165, 1.54) is 0 Å². The first-order valence-electron chi connectivity index (χ1n) is 6.66. The first kappa shape index (κ1) is 15.1. The van der Waals surface area contributed by atoms with E-state index in [-0.39, 0.29) is 17.1 Å². The number of carbonyl (C=O) groups is 1. The van der Waals surface area contributed by atoms with Crippen LogP contribution in [0.1, 0.15) is 16.3 Å². The van der Waals surface area contributed by atoms with Crippen LogP contribution in [0.2, 0.25) is 0 Å². The van der Waals surface area contributed by atoms with Crippen molar-refractivity contribution in [1.82, 2.24) is 19.8 Å². The van der Waals surface area contributed by atoms with E-state index in [9.17, 15) is 9.59 Å². The zero-order valence-corrected chi connectivity index (χ0v) is 12.9. The molecule has 0 bridgehead atoms. The van der Waals surface area contributed by atoms with Crippen LogP contribution in [0.4, 0.5) is 0 Å². The van der Waals surface area contributed by atoms with Gasteiger partial charge in [-0.05, 0) is 17.7 Å². The third kappa shape index (κ3) is 3.19. The number of carboxylic acids is 1. The smallest absolute Gasteiger partial charge is 0.310 e. The average molecular weight is 332 g/mol. The molecule has 0 fully saturated rings. The highest BCUT2D eigenvalue weighted by Gasteiger charge is 2.14. The summed E-state index contributed by atoms with van der Waals surface area (Å²) >= 11 is 1.04. The number of fused-ring (bicyclic) bond motifs is 1. The van der Waals surface area contributed by atoms with Crippen molar-refractivity contribution < 1.29 is 14.6 Å². The van der Waals surface area contributed by atoms with Gasteiger partial charge in [-0.3, -0.25) is 9.59 Å². The van der Waals surface area contributed by atoms with E-state index in [2.05, 4.69) is 15.3 Å². The molecule has 0 aliphatic carbocycles. The number of carboxylic acid groups (broad SMARTS) is 1. The van der Waals surface area contributed by atoms with Gasteiger partial charge in [-0.15, -0.1) is 10.2 Å². The molecule has 0 amide bonds. The molecule has 1 aromatic carbocycles. The van der Waals surface area contributed by atoms with Crippen LogP contribution in [0, 0.1) is 0 Å². The Balaban J connectivity index is 1.93. The van der Waals surface area contributed by atoms with Gasteiger partial charge in [0, 0.05) is 6.42 Å². The lowest BCUT2D eigenvalue weighted by Gasteiger charge is -2.02. The predicted molar refractivity (Wildman–Crippen MR) is 82.1 cm³/mol. The molecule has 23 heavy (non-hydrogen) atoms. The first-order valence-corrected chi connectivity index (χ1v) is 7.47. The van der Waals surface area contributed by atoms with E-state index in [1.807, 2.05) is 12.1 Å². The van der Waals surface area contributed by atoms with Gasteiger partial charge in [0.15, 0.2) is 0 Å². The van der Waals surface area contributed by atoms with E-state index in [1.54, 1.807) is 19.2 Å². The predicted octanol–water partition coefficient (Wildman–Crippen LogP) is 0.772. The minimum atomic E-state index is -1.01. The van der Waals surface area contributed by atoms with Crippen LogP contribution in [0.3, 0.4) is 0 Å². The standard InChI is InChI=1S/C14H12N4O4S/c1-22-9-4-2-8(3-5-9)6-10-13(21)18-14(16-15-10)23-11(17-18)7-12(19)20/h2-5H,6-7H2,1H3,(H,19,20).